The molecule has 2 aromatic rings. The van der Waals surface area contributed by atoms with Crippen molar-refractivity contribution < 1.29 is 24.0 Å². The maximum atomic E-state index is 13.9. The van der Waals surface area contributed by atoms with Gasteiger partial charge in [0.1, 0.15) is 6.04 Å². The number of Topliss-reactive ketones (excluding diaryl/α,β-unsaturated/α-hetero) is 1. The van der Waals surface area contributed by atoms with Crippen LogP contribution >= 0.6 is 0 Å². The number of ketones is 1. The number of benzene rings is 2. The van der Waals surface area contributed by atoms with Crippen LogP contribution in [-0.4, -0.2) is 52.4 Å². The normalized spacial score (nSPS) is 20.8. The van der Waals surface area contributed by atoms with Crippen molar-refractivity contribution in [2.45, 2.75) is 102 Å². The molecule has 0 spiro atoms. The number of nitrogens with two attached hydrogens (primary N) is 1. The van der Waals surface area contributed by atoms with Crippen LogP contribution in [-0.2, 0) is 36.9 Å². The van der Waals surface area contributed by atoms with E-state index in [9.17, 15) is 24.0 Å². The minimum Gasteiger partial charge on any atom is -0.370 e. The topological polar surface area (TPSA) is 139 Å². The fourth-order valence-corrected chi connectivity index (χ4v) is 6.21. The third-order valence-corrected chi connectivity index (χ3v) is 8.67. The van der Waals surface area contributed by atoms with Gasteiger partial charge in [-0.1, -0.05) is 73.0 Å². The first-order valence-electron chi connectivity index (χ1n) is 15.5. The van der Waals surface area contributed by atoms with Gasteiger partial charge in [0.2, 0.25) is 23.6 Å². The van der Waals surface area contributed by atoms with Gasteiger partial charge in [-0.05, 0) is 56.6 Å². The zero-order chi connectivity index (χ0) is 30.8. The number of rotatable bonds is 13. The van der Waals surface area contributed by atoms with E-state index in [0.717, 1.165) is 36.0 Å². The van der Waals surface area contributed by atoms with E-state index in [4.69, 9.17) is 5.73 Å². The summed E-state index contributed by atoms with van der Waals surface area (Å²) in [6.45, 7) is 2.32. The second-order valence-corrected chi connectivity index (χ2v) is 12.0. The quantitative estimate of drug-likeness (QED) is 0.329. The molecule has 4 amide bonds. The third kappa shape index (κ3) is 9.24. The number of hydrogen-bond donors (Lipinski definition) is 3. The van der Waals surface area contributed by atoms with E-state index >= 15 is 0 Å². The molecule has 4 atom stereocenters. The van der Waals surface area contributed by atoms with Crippen molar-refractivity contribution in [1.82, 2.24) is 15.5 Å². The number of fused-ring (bicyclic) bond motifs is 1. The zero-order valence-electron chi connectivity index (χ0n) is 25.1. The minimum atomic E-state index is -0.732. The van der Waals surface area contributed by atoms with Gasteiger partial charge in [-0.15, -0.1) is 0 Å². The Hall–Kier alpha value is -4.01. The van der Waals surface area contributed by atoms with E-state index in [1.54, 1.807) is 4.90 Å². The van der Waals surface area contributed by atoms with Crippen LogP contribution in [0.15, 0.2) is 54.6 Å². The van der Waals surface area contributed by atoms with Crippen LogP contribution in [0, 0.1) is 12.8 Å². The molecule has 2 heterocycles. The Morgan fingerprint density at radius 2 is 1.63 bits per heavy atom. The standard InChI is InChI=1S/C34H44N4O5/c1-23-11-13-24(14-12-23)15-20-32(41)37-28-10-6-5-9-27-17-18-29(38(27)34(28)43)30(39)21-26(16-19-31(35)40)33(42)36-22-25-7-3-2-4-8-25/h2-4,7-8,11-14,26-29H,5-6,9-10,15-22H2,1H3,(H2,35,40)(H,36,42)(H,37,41)/t26-,27+,28?,29+/m1/s1. The van der Waals surface area contributed by atoms with Gasteiger partial charge in [0, 0.05) is 37.8 Å². The molecule has 0 aliphatic carbocycles. The van der Waals surface area contributed by atoms with Crippen molar-refractivity contribution >= 4 is 29.4 Å². The van der Waals surface area contributed by atoms with Crippen LogP contribution < -0.4 is 16.4 Å². The molecule has 2 aliphatic rings. The molecule has 2 aromatic carbocycles. The monoisotopic (exact) mass is 588 g/mol. The minimum absolute atomic E-state index is 0.0106. The summed E-state index contributed by atoms with van der Waals surface area (Å²) in [7, 11) is 0. The number of amides is 4. The molecule has 4 N–H and O–H groups in total. The number of carbonyl (C=O) groups is 5. The average Bonchev–Trinajstić information content (AvgIpc) is 3.42. The van der Waals surface area contributed by atoms with Gasteiger partial charge in [-0.2, -0.15) is 0 Å². The first-order chi connectivity index (χ1) is 20.7. The lowest BCUT2D eigenvalue weighted by Crippen LogP contribution is -2.55. The van der Waals surface area contributed by atoms with Gasteiger partial charge >= 0.3 is 0 Å². The molecule has 0 saturated carbocycles. The summed E-state index contributed by atoms with van der Waals surface area (Å²) in [6.07, 6.45) is 5.24. The van der Waals surface area contributed by atoms with Crippen molar-refractivity contribution in [3.63, 3.8) is 0 Å². The van der Waals surface area contributed by atoms with Gasteiger partial charge in [-0.25, -0.2) is 0 Å². The van der Waals surface area contributed by atoms with Crippen LogP contribution in [0.1, 0.15) is 80.9 Å². The summed E-state index contributed by atoms with van der Waals surface area (Å²) in [6, 6.07) is 16.1. The second kappa shape index (κ2) is 15.5. The first-order valence-corrected chi connectivity index (χ1v) is 15.5. The Kier molecular flexibility index (Phi) is 11.5. The van der Waals surface area contributed by atoms with E-state index in [0.29, 0.717) is 32.2 Å². The van der Waals surface area contributed by atoms with Crippen molar-refractivity contribution in [2.75, 3.05) is 0 Å². The Bertz CT molecular complexity index is 1280. The maximum absolute atomic E-state index is 13.9. The molecule has 2 saturated heterocycles. The van der Waals surface area contributed by atoms with Crippen LogP contribution in [0.25, 0.3) is 0 Å². The molecule has 0 radical (unpaired) electrons. The Morgan fingerprint density at radius 3 is 2.35 bits per heavy atom. The van der Waals surface area contributed by atoms with Crippen LogP contribution in [0.3, 0.4) is 0 Å². The Balaban J connectivity index is 1.40. The van der Waals surface area contributed by atoms with Gasteiger partial charge < -0.3 is 21.3 Å². The molecule has 9 nitrogen and oxygen atoms in total. The van der Waals surface area contributed by atoms with Crippen LogP contribution in [0.4, 0.5) is 0 Å². The van der Waals surface area contributed by atoms with E-state index < -0.39 is 23.9 Å². The smallest absolute Gasteiger partial charge is 0.246 e. The van der Waals surface area contributed by atoms with E-state index in [2.05, 4.69) is 10.6 Å². The molecule has 9 heteroatoms. The van der Waals surface area contributed by atoms with E-state index in [1.165, 1.54) is 0 Å². The summed E-state index contributed by atoms with van der Waals surface area (Å²) >= 11 is 0. The molecule has 1 unspecified atom stereocenters. The molecule has 230 valence electrons. The number of aryl methyl sites for hydroxylation is 2. The lowest BCUT2D eigenvalue weighted by atomic mass is 9.92. The summed E-state index contributed by atoms with van der Waals surface area (Å²) in [5.74, 6) is -2.17. The SMILES string of the molecule is Cc1ccc(CCC(=O)NC2CCCC[C@H]3CC[C@@H](C(=O)C[C@@H](CCC(N)=O)C(=O)NCc4ccccc4)N3C2=O)cc1. The maximum Gasteiger partial charge on any atom is 0.246 e. The average molecular weight is 589 g/mol. The summed E-state index contributed by atoms with van der Waals surface area (Å²) in [4.78, 5) is 66.8. The lowest BCUT2D eigenvalue weighted by molar-refractivity contribution is -0.144. The van der Waals surface area contributed by atoms with Crippen molar-refractivity contribution in [3.8, 4) is 0 Å². The van der Waals surface area contributed by atoms with E-state index in [-0.39, 0.29) is 55.2 Å². The van der Waals surface area contributed by atoms with Gasteiger partial charge in [0.05, 0.1) is 6.04 Å². The molecule has 2 aliphatic heterocycles. The van der Waals surface area contributed by atoms with Crippen molar-refractivity contribution in [3.05, 3.63) is 71.3 Å². The second-order valence-electron chi connectivity index (χ2n) is 12.0. The molecule has 2 fully saturated rings. The number of primary amides is 1. The summed E-state index contributed by atoms with van der Waals surface area (Å²) in [5.41, 5.74) is 8.51. The molecule has 0 bridgehead atoms. The molecule has 0 aromatic heterocycles. The van der Waals surface area contributed by atoms with E-state index in [1.807, 2.05) is 61.5 Å². The third-order valence-electron chi connectivity index (χ3n) is 8.67. The number of hydrogen-bond acceptors (Lipinski definition) is 5. The highest BCUT2D eigenvalue weighted by Gasteiger charge is 2.44. The van der Waals surface area contributed by atoms with Crippen LogP contribution in [0.5, 0.6) is 0 Å². The number of carbonyl (C=O) groups excluding carboxylic acids is 5. The van der Waals surface area contributed by atoms with Gasteiger partial charge in [0.25, 0.3) is 0 Å². The summed E-state index contributed by atoms with van der Waals surface area (Å²) < 4.78 is 0. The lowest BCUT2D eigenvalue weighted by Gasteiger charge is -2.35. The zero-order valence-corrected chi connectivity index (χ0v) is 25.1. The Morgan fingerprint density at radius 1 is 0.907 bits per heavy atom. The predicted molar refractivity (Wildman–Crippen MR) is 163 cm³/mol. The molecular weight excluding hydrogens is 544 g/mol. The molecular formula is C34H44N4O5. The fraction of sp³-hybridized carbons (Fsp3) is 0.500. The molecule has 43 heavy (non-hydrogen) atoms. The number of nitrogens with zero attached hydrogens (tertiary/aromatic N) is 1. The van der Waals surface area contributed by atoms with Crippen LogP contribution in [0.2, 0.25) is 0 Å². The van der Waals surface area contributed by atoms with Crippen molar-refractivity contribution in [1.29, 1.82) is 0 Å². The summed E-state index contributed by atoms with van der Waals surface area (Å²) in [5, 5.41) is 5.84. The first kappa shape index (κ1) is 31.9. The predicted octanol–water partition coefficient (Wildman–Crippen LogP) is 3.50. The highest BCUT2D eigenvalue weighted by molar-refractivity contribution is 5.95. The Labute approximate surface area is 254 Å². The molecule has 4 rings (SSSR count). The highest BCUT2D eigenvalue weighted by atomic mass is 16.2. The number of nitrogens with one attached hydrogen (secondary N) is 2. The highest BCUT2D eigenvalue weighted by Crippen LogP contribution is 2.33. The largest absolute Gasteiger partial charge is 0.370 e. The van der Waals surface area contributed by atoms with Gasteiger partial charge in [-0.3, -0.25) is 24.0 Å². The van der Waals surface area contributed by atoms with Gasteiger partial charge in [0.15, 0.2) is 5.78 Å². The fourth-order valence-electron chi connectivity index (χ4n) is 6.21. The van der Waals surface area contributed by atoms with Crippen molar-refractivity contribution in [2.24, 2.45) is 11.7 Å².